The molecule has 0 aliphatic rings. The van der Waals surface area contributed by atoms with Crippen molar-refractivity contribution in [3.05, 3.63) is 96.7 Å². The number of hydrogen-bond donors (Lipinski definition) is 0. The van der Waals surface area contributed by atoms with Crippen LogP contribution in [0.25, 0.3) is 70.9 Å². The molecule has 0 saturated heterocycles. The second-order valence-electron chi connectivity index (χ2n) is 9.35. The monoisotopic (exact) mass is 437 g/mol. The van der Waals surface area contributed by atoms with Crippen LogP contribution in [0, 0.1) is 6.92 Å². The normalized spacial score (nSPS) is 12.4. The first-order valence-electron chi connectivity index (χ1n) is 11.7. The molecule has 160 valence electrons. The fourth-order valence-electron chi connectivity index (χ4n) is 6.01. The van der Waals surface area contributed by atoms with Crippen molar-refractivity contribution < 1.29 is 8.82 Å². The molecule has 3 heteroatoms. The highest BCUT2D eigenvalue weighted by Crippen LogP contribution is 2.38. The van der Waals surface area contributed by atoms with Crippen molar-refractivity contribution >= 4 is 70.9 Å². The fourth-order valence-corrected chi connectivity index (χ4v) is 6.01. The van der Waals surface area contributed by atoms with Gasteiger partial charge in [-0.1, -0.05) is 48.5 Å². The number of benzene rings is 4. The summed E-state index contributed by atoms with van der Waals surface area (Å²) in [5.41, 5.74) is 8.06. The maximum Gasteiger partial charge on any atom is 0.244 e. The van der Waals surface area contributed by atoms with Crippen LogP contribution >= 0.6 is 0 Å². The third kappa shape index (κ3) is 2.10. The predicted molar refractivity (Wildman–Crippen MR) is 141 cm³/mol. The maximum atomic E-state index is 6.33. The molecule has 0 aliphatic heterocycles. The fraction of sp³-hybridized carbons (Fsp3) is 0.0645. The highest BCUT2D eigenvalue weighted by Gasteiger charge is 2.26. The summed E-state index contributed by atoms with van der Waals surface area (Å²) in [4.78, 5) is 0. The summed E-state index contributed by atoms with van der Waals surface area (Å²) in [5.74, 6) is 0. The molecule has 34 heavy (non-hydrogen) atoms. The Morgan fingerprint density at radius 3 is 2.35 bits per heavy atom. The highest BCUT2D eigenvalue weighted by atomic mass is 16.3. The second-order valence-corrected chi connectivity index (χ2v) is 9.35. The van der Waals surface area contributed by atoms with E-state index in [0.717, 1.165) is 21.9 Å². The van der Waals surface area contributed by atoms with Gasteiger partial charge in [0.1, 0.15) is 16.7 Å². The smallest absolute Gasteiger partial charge is 0.244 e. The molecule has 0 bridgehead atoms. The molecule has 0 fully saturated rings. The molecule has 0 radical (unpaired) electrons. The summed E-state index contributed by atoms with van der Waals surface area (Å²) >= 11 is 0. The molecular weight excluding hydrogens is 416 g/mol. The average molecular weight is 438 g/mol. The molecule has 0 aliphatic carbocycles. The Balaban J connectivity index is 1.84. The van der Waals surface area contributed by atoms with E-state index in [4.69, 9.17) is 4.42 Å². The summed E-state index contributed by atoms with van der Waals surface area (Å²) in [6, 6.07) is 30.5. The minimum absolute atomic E-state index is 0.926. The van der Waals surface area contributed by atoms with E-state index in [0.29, 0.717) is 0 Å². The van der Waals surface area contributed by atoms with Crippen LogP contribution in [0.5, 0.6) is 0 Å². The summed E-state index contributed by atoms with van der Waals surface area (Å²) in [7, 11) is 2.16. The quantitative estimate of drug-likeness (QED) is 0.224. The van der Waals surface area contributed by atoms with Gasteiger partial charge >= 0.3 is 0 Å². The van der Waals surface area contributed by atoms with Crippen molar-refractivity contribution in [1.29, 1.82) is 0 Å². The highest BCUT2D eigenvalue weighted by molar-refractivity contribution is 6.22. The van der Waals surface area contributed by atoms with Gasteiger partial charge in [0.2, 0.25) is 16.6 Å². The van der Waals surface area contributed by atoms with Gasteiger partial charge in [0.25, 0.3) is 0 Å². The lowest BCUT2D eigenvalue weighted by Gasteiger charge is -2.06. The minimum Gasteiger partial charge on any atom is -0.456 e. The first-order chi connectivity index (χ1) is 16.7. The Hall–Kier alpha value is -4.37. The van der Waals surface area contributed by atoms with Crippen LogP contribution < -0.4 is 4.40 Å². The van der Waals surface area contributed by atoms with Crippen LogP contribution in [-0.4, -0.2) is 4.57 Å². The van der Waals surface area contributed by atoms with Gasteiger partial charge in [0.05, 0.1) is 16.2 Å². The lowest BCUT2D eigenvalue weighted by atomic mass is 10.0. The van der Waals surface area contributed by atoms with Crippen molar-refractivity contribution in [2.45, 2.75) is 6.92 Å². The van der Waals surface area contributed by atoms with Gasteiger partial charge in [-0.15, -0.1) is 0 Å². The Morgan fingerprint density at radius 1 is 0.647 bits per heavy atom. The van der Waals surface area contributed by atoms with E-state index in [1.54, 1.807) is 0 Å². The molecule has 4 aromatic heterocycles. The van der Waals surface area contributed by atoms with Crippen LogP contribution in [-0.2, 0) is 7.05 Å². The van der Waals surface area contributed by atoms with Crippen LogP contribution in [0.4, 0.5) is 0 Å². The molecule has 0 spiro atoms. The van der Waals surface area contributed by atoms with Gasteiger partial charge in [-0.3, -0.25) is 0 Å². The summed E-state index contributed by atoms with van der Waals surface area (Å²) in [5, 5.41) is 8.59. The Bertz CT molecular complexity index is 2140. The summed E-state index contributed by atoms with van der Waals surface area (Å²) in [6.45, 7) is 2.22. The second kappa shape index (κ2) is 6.15. The molecule has 0 saturated carbocycles. The Labute approximate surface area is 195 Å². The number of aryl methyl sites for hydroxylation is 2. The molecule has 0 unspecified atom stereocenters. The number of hydrogen-bond acceptors (Lipinski definition) is 1. The standard InChI is InChI=1S/C31H21N2O/c1-18-8-7-11-21-23-17-28-24(20-10-4-6-13-27(20)34-28)16-26(23)33-25-12-5-3-9-19(25)22-14-15-32(2)31(29(18)21)30(22)33/h3-17H,1-2H3/q+1. The van der Waals surface area contributed by atoms with Crippen LogP contribution in [0.2, 0.25) is 0 Å². The van der Waals surface area contributed by atoms with Gasteiger partial charge in [-0.2, -0.15) is 4.40 Å². The number of fused-ring (bicyclic) bond motifs is 11. The number of para-hydroxylation sites is 2. The number of furan rings is 1. The SMILES string of the molecule is Cc1cccc2c3cc4oc5ccccc5c4cc3[n+]3c4ccccc4c4ccn(C)c(c12)c43. The zero-order chi connectivity index (χ0) is 22.6. The van der Waals surface area contributed by atoms with Gasteiger partial charge in [-0.05, 0) is 42.1 Å². The van der Waals surface area contributed by atoms with E-state index in [-0.39, 0.29) is 0 Å². The first kappa shape index (κ1) is 18.1. The van der Waals surface area contributed by atoms with Crippen LogP contribution in [0.1, 0.15) is 5.56 Å². The Morgan fingerprint density at radius 2 is 1.44 bits per heavy atom. The summed E-state index contributed by atoms with van der Waals surface area (Å²) < 4.78 is 11.1. The van der Waals surface area contributed by atoms with E-state index >= 15 is 0 Å². The lowest BCUT2D eigenvalue weighted by Crippen LogP contribution is -2.20. The molecule has 4 heterocycles. The van der Waals surface area contributed by atoms with Gasteiger partial charge in [0, 0.05) is 41.5 Å². The van der Waals surface area contributed by atoms with Crippen molar-refractivity contribution in [2.75, 3.05) is 0 Å². The molecule has 3 nitrogen and oxygen atoms in total. The molecule has 0 atom stereocenters. The van der Waals surface area contributed by atoms with E-state index in [1.807, 2.05) is 6.07 Å². The molecular formula is C31H21N2O+. The number of aromatic nitrogens is 2. The molecule has 0 N–H and O–H groups in total. The average Bonchev–Trinajstić information content (AvgIpc) is 3.34. The van der Waals surface area contributed by atoms with E-state index in [1.165, 1.54) is 54.6 Å². The van der Waals surface area contributed by atoms with Crippen molar-refractivity contribution in [1.82, 2.24) is 4.57 Å². The largest absolute Gasteiger partial charge is 0.456 e. The van der Waals surface area contributed by atoms with Crippen molar-refractivity contribution in [3.63, 3.8) is 0 Å². The number of rotatable bonds is 0. The number of nitrogens with zero attached hydrogens (tertiary/aromatic N) is 2. The maximum absolute atomic E-state index is 6.33. The molecule has 8 rings (SSSR count). The first-order valence-corrected chi connectivity index (χ1v) is 11.7. The van der Waals surface area contributed by atoms with Crippen LogP contribution in [0.15, 0.2) is 95.5 Å². The molecule has 8 aromatic rings. The van der Waals surface area contributed by atoms with Crippen molar-refractivity contribution in [2.24, 2.45) is 7.05 Å². The number of pyridine rings is 1. The predicted octanol–water partition coefficient (Wildman–Crippen LogP) is 7.58. The van der Waals surface area contributed by atoms with E-state index in [2.05, 4.69) is 108 Å². The van der Waals surface area contributed by atoms with Gasteiger partial charge < -0.3 is 8.98 Å². The van der Waals surface area contributed by atoms with Gasteiger partial charge in [-0.25, -0.2) is 0 Å². The van der Waals surface area contributed by atoms with Gasteiger partial charge in [0.15, 0.2) is 0 Å². The molecule has 4 aromatic carbocycles. The van der Waals surface area contributed by atoms with E-state index in [9.17, 15) is 0 Å². The van der Waals surface area contributed by atoms with Crippen molar-refractivity contribution in [3.8, 4) is 0 Å². The topological polar surface area (TPSA) is 22.2 Å². The third-order valence-electron chi connectivity index (χ3n) is 7.49. The zero-order valence-corrected chi connectivity index (χ0v) is 19.0. The lowest BCUT2D eigenvalue weighted by molar-refractivity contribution is -0.445. The zero-order valence-electron chi connectivity index (χ0n) is 19.0. The van der Waals surface area contributed by atoms with Crippen LogP contribution in [0.3, 0.4) is 0 Å². The summed E-state index contributed by atoms with van der Waals surface area (Å²) in [6.07, 6.45) is 2.19. The Kier molecular flexibility index (Phi) is 3.27. The third-order valence-corrected chi connectivity index (χ3v) is 7.49. The van der Waals surface area contributed by atoms with E-state index < -0.39 is 0 Å². The minimum atomic E-state index is 0.926. The molecule has 0 amide bonds.